The first-order chi connectivity index (χ1) is 22.4. The van der Waals surface area contributed by atoms with Gasteiger partial charge in [0.1, 0.15) is 11.6 Å². The van der Waals surface area contributed by atoms with Crippen LogP contribution in [0.15, 0.2) is 36.4 Å². The molecule has 0 saturated carbocycles. The van der Waals surface area contributed by atoms with Crippen molar-refractivity contribution in [1.29, 1.82) is 0 Å². The Morgan fingerprint density at radius 1 is 0.489 bits per heavy atom. The molecule has 15 heteroatoms. The zero-order chi connectivity index (χ0) is 34.4. The lowest BCUT2D eigenvalue weighted by atomic mass is 9.90. The van der Waals surface area contributed by atoms with E-state index >= 15 is 0 Å². The van der Waals surface area contributed by atoms with Gasteiger partial charge in [-0.1, -0.05) is 0 Å². The van der Waals surface area contributed by atoms with Gasteiger partial charge in [0.05, 0.1) is 36.1 Å². The number of ether oxygens (including phenoxy) is 3. The van der Waals surface area contributed by atoms with Gasteiger partial charge in [0.2, 0.25) is 0 Å². The van der Waals surface area contributed by atoms with Gasteiger partial charge in [0.25, 0.3) is 0 Å². The van der Waals surface area contributed by atoms with Crippen LogP contribution in [0.1, 0.15) is 57.4 Å². The number of ketones is 3. The van der Waals surface area contributed by atoms with Gasteiger partial charge in [-0.05, 0) is 65.3 Å². The zero-order valence-corrected chi connectivity index (χ0v) is 25.9. The molecule has 0 aromatic heterocycles. The van der Waals surface area contributed by atoms with E-state index in [0.29, 0.717) is 56.9 Å². The lowest BCUT2D eigenvalue weighted by molar-refractivity contribution is -0.386. The minimum atomic E-state index is -0.498. The quantitative estimate of drug-likeness (QED) is 0.254. The molecular formula is C32H31N3O12. The normalized spacial score (nSPS) is 14.2. The molecule has 3 aromatic rings. The number of carbonyl (C=O) groups is 3. The second kappa shape index (κ2) is 14.6. The Kier molecular flexibility index (Phi) is 10.6. The Morgan fingerprint density at radius 2 is 0.851 bits per heavy atom. The van der Waals surface area contributed by atoms with Crippen molar-refractivity contribution in [2.45, 2.75) is 51.4 Å². The third-order valence-corrected chi connectivity index (χ3v) is 8.04. The molecule has 0 aliphatic heterocycles. The molecule has 0 radical (unpaired) electrons. The molecule has 15 nitrogen and oxygen atoms in total. The molecule has 0 heterocycles. The minimum absolute atomic E-state index is 0.0261. The first-order valence-corrected chi connectivity index (χ1v) is 14.5. The van der Waals surface area contributed by atoms with Crippen molar-refractivity contribution < 1.29 is 43.4 Å². The Labute approximate surface area is 267 Å². The predicted octanol–water partition coefficient (Wildman–Crippen LogP) is 5.05. The van der Waals surface area contributed by atoms with E-state index in [0.717, 1.165) is 27.8 Å². The van der Waals surface area contributed by atoms with Gasteiger partial charge in [-0.15, -0.1) is 0 Å². The molecule has 0 fully saturated rings. The number of benzene rings is 3. The van der Waals surface area contributed by atoms with E-state index in [4.69, 9.17) is 14.2 Å². The lowest BCUT2D eigenvalue weighted by Gasteiger charge is -2.15. The Morgan fingerprint density at radius 3 is 1.32 bits per heavy atom. The monoisotopic (exact) mass is 649 g/mol. The zero-order valence-electron chi connectivity index (χ0n) is 25.9. The second-order valence-corrected chi connectivity index (χ2v) is 10.9. The minimum Gasteiger partial charge on any atom is -0.490 e. The topological polar surface area (TPSA) is 208 Å². The van der Waals surface area contributed by atoms with Crippen molar-refractivity contribution in [3.05, 3.63) is 100 Å². The van der Waals surface area contributed by atoms with Crippen LogP contribution in [0.5, 0.6) is 17.2 Å². The fourth-order valence-corrected chi connectivity index (χ4v) is 5.63. The van der Waals surface area contributed by atoms with Gasteiger partial charge in [0, 0.05) is 55.9 Å². The van der Waals surface area contributed by atoms with Gasteiger partial charge in [-0.3, -0.25) is 44.7 Å². The molecular weight excluding hydrogens is 618 g/mol. The number of Topliss-reactive ketones (excluding diaryl/α,β-unsaturated/α-hetero) is 3. The maximum absolute atomic E-state index is 11.4. The molecule has 246 valence electrons. The molecule has 0 N–H and O–H groups in total. The number of methoxy groups -OCH3 is 3. The van der Waals surface area contributed by atoms with E-state index in [1.807, 2.05) is 0 Å². The number of aryl methyl sites for hydroxylation is 3. The summed E-state index contributed by atoms with van der Waals surface area (Å²) in [6.45, 7) is 0. The Bertz CT molecular complexity index is 1800. The van der Waals surface area contributed by atoms with E-state index in [9.17, 15) is 44.7 Å². The van der Waals surface area contributed by atoms with Crippen LogP contribution in [0.2, 0.25) is 0 Å². The van der Waals surface area contributed by atoms with Gasteiger partial charge in [-0.25, -0.2) is 0 Å². The van der Waals surface area contributed by atoms with Crippen LogP contribution < -0.4 is 14.2 Å². The van der Waals surface area contributed by atoms with Crippen molar-refractivity contribution in [1.82, 2.24) is 0 Å². The molecule has 47 heavy (non-hydrogen) atoms. The number of hydrogen-bond donors (Lipinski definition) is 0. The molecule has 0 unspecified atom stereocenters. The van der Waals surface area contributed by atoms with Crippen LogP contribution in [0.3, 0.4) is 0 Å². The fraction of sp³-hybridized carbons (Fsp3) is 0.344. The summed E-state index contributed by atoms with van der Waals surface area (Å²) in [7, 11) is 4.15. The first kappa shape index (κ1) is 34.1. The first-order valence-electron chi connectivity index (χ1n) is 14.5. The number of nitro groups is 3. The van der Waals surface area contributed by atoms with Gasteiger partial charge < -0.3 is 14.2 Å². The van der Waals surface area contributed by atoms with Crippen molar-refractivity contribution in [2.24, 2.45) is 0 Å². The molecule has 0 amide bonds. The number of hydrogen-bond acceptors (Lipinski definition) is 12. The fourth-order valence-electron chi connectivity index (χ4n) is 5.63. The molecule has 0 bridgehead atoms. The van der Waals surface area contributed by atoms with E-state index < -0.39 is 14.8 Å². The highest BCUT2D eigenvalue weighted by atomic mass is 16.6. The van der Waals surface area contributed by atoms with Gasteiger partial charge in [0.15, 0.2) is 23.0 Å². The predicted molar refractivity (Wildman–Crippen MR) is 166 cm³/mol. The number of nitro benzene ring substituents is 3. The van der Waals surface area contributed by atoms with Gasteiger partial charge >= 0.3 is 17.1 Å². The van der Waals surface area contributed by atoms with Crippen LogP contribution in [-0.4, -0.2) is 53.4 Å². The third kappa shape index (κ3) is 7.74. The van der Waals surface area contributed by atoms with Crippen LogP contribution in [0.4, 0.5) is 17.1 Å². The molecule has 3 aliphatic rings. The Balaban J connectivity index is 0.000000160. The van der Waals surface area contributed by atoms with E-state index in [1.54, 1.807) is 12.1 Å². The number of fused-ring (bicyclic) bond motifs is 3. The summed E-state index contributed by atoms with van der Waals surface area (Å²) >= 11 is 0. The van der Waals surface area contributed by atoms with Crippen LogP contribution >= 0.6 is 0 Å². The highest BCUT2D eigenvalue weighted by Gasteiger charge is 2.27. The lowest BCUT2D eigenvalue weighted by Crippen LogP contribution is -2.13. The summed E-state index contributed by atoms with van der Waals surface area (Å²) in [6.07, 6.45) is 3.86. The maximum atomic E-state index is 11.4. The molecule has 0 atom stereocenters. The molecule has 0 saturated heterocycles. The summed E-state index contributed by atoms with van der Waals surface area (Å²) in [5.41, 5.74) is 4.57. The largest absolute Gasteiger partial charge is 0.490 e. The number of nitrogens with zero attached hydrogens (tertiary/aromatic N) is 3. The maximum Gasteiger partial charge on any atom is 0.311 e. The van der Waals surface area contributed by atoms with E-state index in [2.05, 4.69) is 0 Å². The second-order valence-electron chi connectivity index (χ2n) is 10.9. The summed E-state index contributed by atoms with van der Waals surface area (Å²) in [4.78, 5) is 64.8. The van der Waals surface area contributed by atoms with Crippen molar-refractivity contribution in [3.63, 3.8) is 0 Å². The average Bonchev–Trinajstić information content (AvgIpc) is 3.42. The summed E-state index contributed by atoms with van der Waals surface area (Å²) < 4.78 is 14.8. The smallest absolute Gasteiger partial charge is 0.311 e. The van der Waals surface area contributed by atoms with E-state index in [1.165, 1.54) is 45.6 Å². The van der Waals surface area contributed by atoms with Crippen molar-refractivity contribution in [2.75, 3.05) is 21.3 Å². The number of carbonyl (C=O) groups excluding carboxylic acids is 3. The molecule has 3 aliphatic carbocycles. The van der Waals surface area contributed by atoms with Gasteiger partial charge in [-0.2, -0.15) is 0 Å². The van der Waals surface area contributed by atoms with Crippen LogP contribution in [-0.2, 0) is 41.7 Å². The van der Waals surface area contributed by atoms with Crippen molar-refractivity contribution in [3.8, 4) is 17.2 Å². The van der Waals surface area contributed by atoms with E-state index in [-0.39, 0.29) is 51.7 Å². The highest BCUT2D eigenvalue weighted by molar-refractivity contribution is 6.01. The SMILES string of the molecule is COc1cc2c(cc1[N+](=O)[O-])CC(=O)CC2.COc1cc2c(cc1[N+](=O)[O-])CCC(=O)C2.COc1cc2c(cc1[N+](=O)[O-])CCC2=O. The van der Waals surface area contributed by atoms with Crippen LogP contribution in [0.25, 0.3) is 0 Å². The summed E-state index contributed by atoms with van der Waals surface area (Å²) in [5.74, 6) is 0.958. The summed E-state index contributed by atoms with van der Waals surface area (Å²) in [5, 5.41) is 32.3. The van der Waals surface area contributed by atoms with Crippen LogP contribution in [0, 0.1) is 30.3 Å². The molecule has 0 spiro atoms. The molecule has 3 aromatic carbocycles. The average molecular weight is 650 g/mol. The molecule has 6 rings (SSSR count). The third-order valence-electron chi connectivity index (χ3n) is 8.04. The Hall–Kier alpha value is -5.73. The standard InChI is InChI=1S/2C11H11NO4.C10H9NO4/c1-16-11-6-7-2-3-9(13)4-8(7)5-10(11)12(14)15;1-16-11-6-8-4-9(13)3-2-7(8)5-10(11)12(14)15;1-15-10-5-7-6(2-3-9(7)12)4-8(10)11(13)14/h2*5-6H,2-4H2,1H3;4-5H,2-3H2,1H3. The summed E-state index contributed by atoms with van der Waals surface area (Å²) in [6, 6.07) is 9.12. The van der Waals surface area contributed by atoms with Crippen molar-refractivity contribution >= 4 is 34.4 Å². The number of rotatable bonds is 6. The highest BCUT2D eigenvalue weighted by Crippen LogP contribution is 2.36.